The lowest BCUT2D eigenvalue weighted by Crippen LogP contribution is -2.30. The van der Waals surface area contributed by atoms with Gasteiger partial charge < -0.3 is 9.52 Å². The zero-order valence-corrected chi connectivity index (χ0v) is 21.0. The normalized spacial score (nSPS) is 15.8. The minimum atomic E-state index is -0.835. The minimum absolute atomic E-state index is 0.0322. The van der Waals surface area contributed by atoms with E-state index in [1.165, 1.54) is 39.3 Å². The van der Waals surface area contributed by atoms with E-state index in [9.17, 15) is 14.7 Å². The Balaban J connectivity index is 1.34. The maximum Gasteiger partial charge on any atom is 0.296 e. The van der Waals surface area contributed by atoms with Crippen LogP contribution >= 0.6 is 34.4 Å². The Labute approximate surface area is 217 Å². The van der Waals surface area contributed by atoms with Crippen molar-refractivity contribution in [1.82, 2.24) is 10.2 Å². The number of carbonyl (C=O) groups excluding carboxylic acids is 2. The van der Waals surface area contributed by atoms with Gasteiger partial charge in [0.05, 0.1) is 5.57 Å². The van der Waals surface area contributed by atoms with Gasteiger partial charge in [0.15, 0.2) is 15.9 Å². The smallest absolute Gasteiger partial charge is 0.296 e. The number of rotatable bonds is 7. The van der Waals surface area contributed by atoms with Crippen LogP contribution in [0.25, 0.3) is 11.0 Å². The molecule has 2 aromatic carbocycles. The molecule has 0 unspecified atom stereocenters. The SMILES string of the molecule is O=C(C1=C(O)C(=O)N(c2nnc(SCc3ccccc3)s2)[C@@H]1c1cccs1)c1cc2ccccc2o1. The fraction of sp³-hybridized carbons (Fsp3) is 0.0769. The average Bonchev–Trinajstić information content (AvgIpc) is 3.70. The number of para-hydroxylation sites is 1. The standard InChI is InChI=1S/C26H17N3O4S3/c30-22(18-13-16-9-4-5-10-17(16)33-18)20-21(19-11-6-12-34-19)29(24(32)23(20)31)25-27-28-26(36-25)35-14-15-7-2-1-3-8-15/h1-13,21,31H,14H2/t21-/m1/s1. The molecule has 0 spiro atoms. The van der Waals surface area contributed by atoms with E-state index in [0.29, 0.717) is 20.8 Å². The lowest BCUT2D eigenvalue weighted by molar-refractivity contribution is -0.117. The number of benzene rings is 2. The summed E-state index contributed by atoms with van der Waals surface area (Å²) in [6, 6.07) is 21.7. The summed E-state index contributed by atoms with van der Waals surface area (Å²) in [6.07, 6.45) is 0. The van der Waals surface area contributed by atoms with Crippen LogP contribution in [0.1, 0.15) is 27.0 Å². The first-order chi connectivity index (χ1) is 17.6. The summed E-state index contributed by atoms with van der Waals surface area (Å²) >= 11 is 4.15. The van der Waals surface area contributed by atoms with Crippen LogP contribution in [-0.4, -0.2) is 27.0 Å². The van der Waals surface area contributed by atoms with Gasteiger partial charge in [0.1, 0.15) is 11.6 Å². The fourth-order valence-electron chi connectivity index (χ4n) is 4.05. The topological polar surface area (TPSA) is 96.5 Å². The van der Waals surface area contributed by atoms with E-state index in [4.69, 9.17) is 4.42 Å². The van der Waals surface area contributed by atoms with Crippen LogP contribution in [-0.2, 0) is 10.5 Å². The van der Waals surface area contributed by atoms with Crippen LogP contribution in [0.4, 0.5) is 5.13 Å². The van der Waals surface area contributed by atoms with E-state index in [1.807, 2.05) is 66.0 Å². The molecule has 6 rings (SSSR count). The third-order valence-corrected chi connectivity index (χ3v) is 8.77. The molecule has 5 aromatic rings. The zero-order chi connectivity index (χ0) is 24.6. The first kappa shape index (κ1) is 22.7. The number of aliphatic hydroxyl groups is 1. The molecule has 0 radical (unpaired) electrons. The van der Waals surface area contributed by atoms with E-state index in [-0.39, 0.29) is 11.3 Å². The highest BCUT2D eigenvalue weighted by Gasteiger charge is 2.47. The second-order valence-electron chi connectivity index (χ2n) is 7.96. The Hall–Kier alpha value is -3.73. The number of Topliss-reactive ketones (excluding diaryl/α,β-unsaturated/α-hetero) is 1. The number of aromatic nitrogens is 2. The Morgan fingerprint density at radius 1 is 1.06 bits per heavy atom. The summed E-state index contributed by atoms with van der Waals surface area (Å²) in [4.78, 5) is 29.0. The zero-order valence-electron chi connectivity index (χ0n) is 18.5. The summed E-state index contributed by atoms with van der Waals surface area (Å²) in [6.45, 7) is 0. The number of hydrogen-bond acceptors (Lipinski definition) is 9. The van der Waals surface area contributed by atoms with E-state index < -0.39 is 23.5 Å². The highest BCUT2D eigenvalue weighted by Crippen LogP contribution is 2.45. The molecule has 3 aromatic heterocycles. The molecule has 4 heterocycles. The predicted molar refractivity (Wildman–Crippen MR) is 141 cm³/mol. The van der Waals surface area contributed by atoms with Crippen molar-refractivity contribution < 1.29 is 19.1 Å². The monoisotopic (exact) mass is 531 g/mol. The van der Waals surface area contributed by atoms with Gasteiger partial charge in [-0.05, 0) is 29.1 Å². The van der Waals surface area contributed by atoms with Gasteiger partial charge in [0.25, 0.3) is 5.91 Å². The third kappa shape index (κ3) is 4.02. The molecule has 1 N–H and O–H groups in total. The van der Waals surface area contributed by atoms with Crippen LogP contribution in [0.15, 0.2) is 98.3 Å². The van der Waals surface area contributed by atoms with E-state index in [1.54, 1.807) is 12.1 Å². The number of fused-ring (bicyclic) bond motifs is 1. The largest absolute Gasteiger partial charge is 0.503 e. The lowest BCUT2D eigenvalue weighted by Gasteiger charge is -2.22. The summed E-state index contributed by atoms with van der Waals surface area (Å²) in [5.41, 5.74) is 1.67. The fourth-order valence-corrected chi connectivity index (χ4v) is 6.70. The van der Waals surface area contributed by atoms with E-state index in [0.717, 1.165) is 15.8 Å². The number of ketones is 1. The second kappa shape index (κ2) is 9.38. The summed E-state index contributed by atoms with van der Waals surface area (Å²) in [5.74, 6) is -1.07. The molecule has 0 aliphatic carbocycles. The maximum absolute atomic E-state index is 13.6. The Bertz CT molecular complexity index is 1570. The molecule has 10 heteroatoms. The van der Waals surface area contributed by atoms with Gasteiger partial charge in [-0.15, -0.1) is 21.5 Å². The van der Waals surface area contributed by atoms with Crippen molar-refractivity contribution >= 4 is 62.2 Å². The van der Waals surface area contributed by atoms with Crippen LogP contribution in [0.3, 0.4) is 0 Å². The first-order valence-corrected chi connectivity index (χ1v) is 13.6. The van der Waals surface area contributed by atoms with Gasteiger partial charge in [-0.1, -0.05) is 77.7 Å². The number of nitrogens with zero attached hydrogens (tertiary/aromatic N) is 3. The van der Waals surface area contributed by atoms with Crippen molar-refractivity contribution in [2.24, 2.45) is 0 Å². The number of thioether (sulfide) groups is 1. The van der Waals surface area contributed by atoms with Gasteiger partial charge in [-0.3, -0.25) is 14.5 Å². The van der Waals surface area contributed by atoms with E-state index in [2.05, 4.69) is 10.2 Å². The van der Waals surface area contributed by atoms with Gasteiger partial charge >= 0.3 is 0 Å². The van der Waals surface area contributed by atoms with Crippen molar-refractivity contribution in [3.63, 3.8) is 0 Å². The van der Waals surface area contributed by atoms with Gasteiger partial charge in [0, 0.05) is 16.0 Å². The molecule has 36 heavy (non-hydrogen) atoms. The Morgan fingerprint density at radius 3 is 2.64 bits per heavy atom. The van der Waals surface area contributed by atoms with Crippen molar-refractivity contribution in [3.05, 3.63) is 106 Å². The van der Waals surface area contributed by atoms with Gasteiger partial charge in [-0.2, -0.15) is 0 Å². The highest BCUT2D eigenvalue weighted by molar-refractivity contribution is 8.00. The lowest BCUT2D eigenvalue weighted by atomic mass is 10.0. The molecule has 1 atom stereocenters. The van der Waals surface area contributed by atoms with Crippen molar-refractivity contribution in [1.29, 1.82) is 0 Å². The number of amides is 1. The molecule has 1 aliphatic heterocycles. The molecule has 1 amide bonds. The summed E-state index contributed by atoms with van der Waals surface area (Å²) in [5, 5.41) is 22.3. The molecule has 178 valence electrons. The molecule has 7 nitrogen and oxygen atoms in total. The van der Waals surface area contributed by atoms with Crippen molar-refractivity contribution in [2.45, 2.75) is 16.1 Å². The van der Waals surface area contributed by atoms with Gasteiger partial charge in [0.2, 0.25) is 10.9 Å². The van der Waals surface area contributed by atoms with E-state index >= 15 is 0 Å². The minimum Gasteiger partial charge on any atom is -0.503 e. The van der Waals surface area contributed by atoms with Crippen LogP contribution < -0.4 is 4.90 Å². The molecule has 1 aliphatic rings. The average molecular weight is 532 g/mol. The van der Waals surface area contributed by atoms with Gasteiger partial charge in [-0.25, -0.2) is 0 Å². The quantitative estimate of drug-likeness (QED) is 0.147. The van der Waals surface area contributed by atoms with Crippen molar-refractivity contribution in [3.8, 4) is 0 Å². The molecule has 0 bridgehead atoms. The van der Waals surface area contributed by atoms with Crippen molar-refractivity contribution in [2.75, 3.05) is 4.90 Å². The molecular weight excluding hydrogens is 515 g/mol. The summed E-state index contributed by atoms with van der Waals surface area (Å²) in [7, 11) is 0. The Kier molecular flexibility index (Phi) is 5.92. The molecule has 0 saturated carbocycles. The summed E-state index contributed by atoms with van der Waals surface area (Å²) < 4.78 is 6.44. The first-order valence-electron chi connectivity index (χ1n) is 10.9. The number of carbonyl (C=O) groups is 2. The highest BCUT2D eigenvalue weighted by atomic mass is 32.2. The molecule has 0 saturated heterocycles. The number of furan rings is 1. The second-order valence-corrected chi connectivity index (χ2v) is 11.1. The number of thiophene rings is 1. The molecule has 0 fully saturated rings. The van der Waals surface area contributed by atoms with Crippen LogP contribution in [0, 0.1) is 0 Å². The molecular formula is C26H17N3O4S3. The maximum atomic E-state index is 13.6. The number of aliphatic hydroxyl groups excluding tert-OH is 1. The van der Waals surface area contributed by atoms with Crippen LogP contribution in [0.2, 0.25) is 0 Å². The Morgan fingerprint density at radius 2 is 1.86 bits per heavy atom. The predicted octanol–water partition coefficient (Wildman–Crippen LogP) is 6.42. The number of anilines is 1. The number of hydrogen-bond donors (Lipinski definition) is 1. The van der Waals surface area contributed by atoms with Crippen LogP contribution in [0.5, 0.6) is 0 Å². The third-order valence-electron chi connectivity index (χ3n) is 5.72.